The average molecular weight is 577 g/mol. The molecule has 41 heavy (non-hydrogen) atoms. The van der Waals surface area contributed by atoms with Crippen molar-refractivity contribution in [3.8, 4) is 0 Å². The van der Waals surface area contributed by atoms with Crippen LogP contribution in [0.2, 0.25) is 0 Å². The van der Waals surface area contributed by atoms with Crippen LogP contribution in [0, 0.1) is 11.8 Å². The van der Waals surface area contributed by atoms with E-state index >= 15 is 0 Å². The van der Waals surface area contributed by atoms with E-state index < -0.39 is 53.7 Å². The van der Waals surface area contributed by atoms with Gasteiger partial charge in [0.15, 0.2) is 6.10 Å². The molecule has 1 aromatic rings. The van der Waals surface area contributed by atoms with Gasteiger partial charge in [-0.2, -0.15) is 0 Å². The summed E-state index contributed by atoms with van der Waals surface area (Å²) in [5, 5.41) is 3.12. The van der Waals surface area contributed by atoms with Gasteiger partial charge in [-0.15, -0.1) is 0 Å². The van der Waals surface area contributed by atoms with Gasteiger partial charge in [0.05, 0.1) is 0 Å². The Bertz CT molecular complexity index is 972. The number of nitrogens with one attached hydrogen (secondary N) is 1. The molecule has 0 aliphatic rings. The standard InChI is InChI=1S/C32H52N2O7/c1-11-33-25(18-21(3)4)29(36)39-23(7)28(35)34(12-2)26(19-22(5)6)30(37)40-27(31(38)41-32(8,9)10)20-24-16-14-13-15-17-24/h13-17,21-23,25-27,33H,11-12,18-20H2,1-10H3/t23-,25+,26+,27-/m1/s1. The molecule has 0 spiro atoms. The number of esters is 3. The number of amides is 1. The molecule has 0 aliphatic heterocycles. The zero-order valence-electron chi connectivity index (χ0n) is 26.7. The van der Waals surface area contributed by atoms with Crippen molar-refractivity contribution in [2.75, 3.05) is 13.1 Å². The van der Waals surface area contributed by atoms with Crippen LogP contribution in [0.15, 0.2) is 30.3 Å². The van der Waals surface area contributed by atoms with Crippen LogP contribution < -0.4 is 5.32 Å². The molecule has 0 unspecified atom stereocenters. The SMILES string of the molecule is CCN[C@@H](CC(C)C)C(=O)O[C@H](C)C(=O)N(CC)[C@@H](CC(C)C)C(=O)O[C@H](Cc1ccccc1)C(=O)OC(C)(C)C. The van der Waals surface area contributed by atoms with Crippen LogP contribution >= 0.6 is 0 Å². The van der Waals surface area contributed by atoms with Crippen LogP contribution in [0.5, 0.6) is 0 Å². The number of rotatable bonds is 16. The van der Waals surface area contributed by atoms with Crippen LogP contribution in [0.1, 0.15) is 87.6 Å². The molecule has 0 heterocycles. The van der Waals surface area contributed by atoms with Crippen LogP contribution in [-0.2, 0) is 39.8 Å². The van der Waals surface area contributed by atoms with Crippen LogP contribution in [0.25, 0.3) is 0 Å². The molecule has 0 fully saturated rings. The number of nitrogens with zero attached hydrogens (tertiary/aromatic N) is 1. The van der Waals surface area contributed by atoms with Gasteiger partial charge in [-0.25, -0.2) is 9.59 Å². The number of hydrogen-bond acceptors (Lipinski definition) is 8. The maximum absolute atomic E-state index is 13.7. The summed E-state index contributed by atoms with van der Waals surface area (Å²) in [6.45, 7) is 19.1. The second-order valence-electron chi connectivity index (χ2n) is 12.2. The Morgan fingerprint density at radius 3 is 1.90 bits per heavy atom. The third kappa shape index (κ3) is 13.1. The molecular weight excluding hydrogens is 524 g/mol. The first kappa shape index (κ1) is 36.1. The normalized spacial score (nSPS) is 14.6. The van der Waals surface area contributed by atoms with Crippen molar-refractivity contribution in [1.29, 1.82) is 0 Å². The Labute approximate surface area is 246 Å². The molecule has 0 saturated carbocycles. The van der Waals surface area contributed by atoms with Crippen molar-refractivity contribution in [1.82, 2.24) is 10.2 Å². The van der Waals surface area contributed by atoms with Crippen molar-refractivity contribution < 1.29 is 33.4 Å². The summed E-state index contributed by atoms with van der Waals surface area (Å²) in [6.07, 6.45) is -1.30. The molecule has 0 saturated heterocycles. The first-order valence-electron chi connectivity index (χ1n) is 14.8. The molecule has 1 amide bonds. The minimum Gasteiger partial charge on any atom is -0.457 e. The number of ether oxygens (including phenoxy) is 3. The number of carbonyl (C=O) groups excluding carboxylic acids is 4. The Balaban J connectivity index is 3.21. The molecule has 0 bridgehead atoms. The van der Waals surface area contributed by atoms with Gasteiger partial charge in [-0.1, -0.05) is 65.0 Å². The predicted octanol–water partition coefficient (Wildman–Crippen LogP) is 4.70. The molecule has 9 heteroatoms. The lowest BCUT2D eigenvalue weighted by molar-refractivity contribution is -0.180. The molecule has 1 N–H and O–H groups in total. The lowest BCUT2D eigenvalue weighted by atomic mass is 10.0. The van der Waals surface area contributed by atoms with E-state index in [4.69, 9.17) is 14.2 Å². The maximum Gasteiger partial charge on any atom is 0.348 e. The Hall–Kier alpha value is -2.94. The topological polar surface area (TPSA) is 111 Å². The van der Waals surface area contributed by atoms with Crippen LogP contribution in [0.3, 0.4) is 0 Å². The Morgan fingerprint density at radius 1 is 0.829 bits per heavy atom. The fourth-order valence-corrected chi connectivity index (χ4v) is 4.44. The van der Waals surface area contributed by atoms with Crippen molar-refractivity contribution in [3.05, 3.63) is 35.9 Å². The van der Waals surface area contributed by atoms with E-state index in [2.05, 4.69) is 5.32 Å². The summed E-state index contributed by atoms with van der Waals surface area (Å²) < 4.78 is 16.9. The lowest BCUT2D eigenvalue weighted by Crippen LogP contribution is -2.52. The molecule has 4 atom stereocenters. The molecule has 1 aromatic carbocycles. The van der Waals surface area contributed by atoms with Gasteiger partial charge in [0, 0.05) is 13.0 Å². The summed E-state index contributed by atoms with van der Waals surface area (Å²) in [7, 11) is 0. The number of hydrogen-bond donors (Lipinski definition) is 1. The predicted molar refractivity (Wildman–Crippen MR) is 159 cm³/mol. The molecule has 232 valence electrons. The van der Waals surface area contributed by atoms with Gasteiger partial charge in [0.2, 0.25) is 6.10 Å². The van der Waals surface area contributed by atoms with Crippen molar-refractivity contribution in [3.63, 3.8) is 0 Å². The van der Waals surface area contributed by atoms with Crippen molar-refractivity contribution in [2.24, 2.45) is 11.8 Å². The van der Waals surface area contributed by atoms with E-state index in [-0.39, 0.29) is 24.8 Å². The summed E-state index contributed by atoms with van der Waals surface area (Å²) in [4.78, 5) is 54.6. The molecule has 9 nitrogen and oxygen atoms in total. The zero-order valence-corrected chi connectivity index (χ0v) is 26.7. The molecule has 1 rings (SSSR count). The first-order valence-corrected chi connectivity index (χ1v) is 14.8. The summed E-state index contributed by atoms with van der Waals surface area (Å²) in [5.41, 5.74) is 0.0257. The highest BCUT2D eigenvalue weighted by atomic mass is 16.6. The summed E-state index contributed by atoms with van der Waals surface area (Å²) in [5.74, 6) is -2.08. The third-order valence-electron chi connectivity index (χ3n) is 6.24. The van der Waals surface area contributed by atoms with Crippen LogP contribution in [0.4, 0.5) is 0 Å². The van der Waals surface area contributed by atoms with E-state index in [1.165, 1.54) is 11.8 Å². The van der Waals surface area contributed by atoms with Crippen LogP contribution in [-0.4, -0.2) is 71.7 Å². The van der Waals surface area contributed by atoms with Gasteiger partial charge in [-0.3, -0.25) is 9.59 Å². The highest BCUT2D eigenvalue weighted by Crippen LogP contribution is 2.20. The van der Waals surface area contributed by atoms with Crippen molar-refractivity contribution >= 4 is 23.8 Å². The fraction of sp³-hybridized carbons (Fsp3) is 0.688. The molecule has 0 radical (unpaired) electrons. The largest absolute Gasteiger partial charge is 0.457 e. The van der Waals surface area contributed by atoms with Gasteiger partial charge < -0.3 is 24.4 Å². The maximum atomic E-state index is 13.7. The highest BCUT2D eigenvalue weighted by molar-refractivity contribution is 5.90. The lowest BCUT2D eigenvalue weighted by Gasteiger charge is -2.33. The number of benzene rings is 1. The summed E-state index contributed by atoms with van der Waals surface area (Å²) in [6, 6.07) is 7.71. The third-order valence-corrected chi connectivity index (χ3v) is 6.24. The zero-order chi connectivity index (χ0) is 31.3. The van der Waals surface area contributed by atoms with E-state index in [0.29, 0.717) is 19.4 Å². The molecule has 0 aromatic heterocycles. The van der Waals surface area contributed by atoms with E-state index in [9.17, 15) is 19.2 Å². The Kier molecular flexibility index (Phi) is 15.1. The average Bonchev–Trinajstić information content (AvgIpc) is 2.86. The second kappa shape index (κ2) is 17.1. The van der Waals surface area contributed by atoms with Gasteiger partial charge >= 0.3 is 17.9 Å². The quantitative estimate of drug-likeness (QED) is 0.223. The Morgan fingerprint density at radius 2 is 1.41 bits per heavy atom. The van der Waals surface area contributed by atoms with E-state index in [0.717, 1.165) is 5.56 Å². The van der Waals surface area contributed by atoms with Crippen molar-refractivity contribution in [2.45, 2.75) is 118 Å². The first-order chi connectivity index (χ1) is 19.1. The molecular formula is C32H52N2O7. The van der Waals surface area contributed by atoms with E-state index in [1.54, 1.807) is 27.7 Å². The van der Waals surface area contributed by atoms with Gasteiger partial charge in [0.1, 0.15) is 17.7 Å². The van der Waals surface area contributed by atoms with E-state index in [1.807, 2.05) is 65.0 Å². The fourth-order valence-electron chi connectivity index (χ4n) is 4.44. The second-order valence-corrected chi connectivity index (χ2v) is 12.2. The minimum absolute atomic E-state index is 0.0329. The smallest absolute Gasteiger partial charge is 0.348 e. The molecule has 0 aliphatic carbocycles. The monoisotopic (exact) mass is 576 g/mol. The number of likely N-dealkylation sites (N-methyl/N-ethyl adjacent to an activating group) is 2. The van der Waals surface area contributed by atoms with Gasteiger partial charge in [-0.05, 0) is 71.4 Å². The van der Waals surface area contributed by atoms with Gasteiger partial charge in [0.25, 0.3) is 5.91 Å². The summed E-state index contributed by atoms with van der Waals surface area (Å²) >= 11 is 0. The minimum atomic E-state index is -1.19. The number of carbonyl (C=O) groups is 4. The highest BCUT2D eigenvalue weighted by Gasteiger charge is 2.38.